The van der Waals surface area contributed by atoms with Gasteiger partial charge in [0.2, 0.25) is 5.91 Å². The molecule has 1 N–H and O–H groups in total. The molecule has 6 rings (SSSR count). The summed E-state index contributed by atoms with van der Waals surface area (Å²) in [7, 11) is -2.66. The molecule has 1 aliphatic heterocycles. The second-order valence-electron chi connectivity index (χ2n) is 14.7. The number of anilines is 1. The van der Waals surface area contributed by atoms with Crippen LogP contribution in [0.15, 0.2) is 151 Å². The molecule has 2 atom stereocenters. The Morgan fingerprint density at radius 2 is 1.46 bits per heavy atom. The molecule has 0 bridgehead atoms. The zero-order valence-corrected chi connectivity index (χ0v) is 30.9. The number of carbonyl (C=O) groups is 1. The largest absolute Gasteiger partial charge is 0.407 e. The van der Waals surface area contributed by atoms with Gasteiger partial charge in [-0.15, -0.1) is 6.58 Å². The third kappa shape index (κ3) is 7.19. The zero-order valence-electron chi connectivity index (χ0n) is 29.9. The number of allylic oxidation sites excluding steroid dienone is 2. The van der Waals surface area contributed by atoms with Gasteiger partial charge in [0.25, 0.3) is 8.32 Å². The van der Waals surface area contributed by atoms with E-state index in [9.17, 15) is 4.79 Å². The minimum atomic E-state index is -2.66. The van der Waals surface area contributed by atoms with E-state index >= 15 is 0 Å². The summed E-state index contributed by atoms with van der Waals surface area (Å²) in [4.78, 5) is 16.9. The summed E-state index contributed by atoms with van der Waals surface area (Å²) in [6.07, 6.45) is 8.09. The number of amides is 1. The van der Waals surface area contributed by atoms with Crippen LogP contribution in [0.2, 0.25) is 5.04 Å². The standard InChI is InChI=1S/C44H51N3O2Si/c1-5-30-44-37(28-31-47(42(44)48)34-36-18-10-6-11-19-36)33-35(26-27-41(44)46-45-38-20-12-7-13-21-38)29-32-49-50(43(2,3)4,39-22-14-8-15-23-39)40-24-16-9-17-25-40/h5-25,33,37,45H,1,26-32,34H2,2-4H3/b46-41+/t37-,44-/m0/s1. The molecule has 0 aromatic heterocycles. The molecular formula is C44H51N3O2Si. The van der Waals surface area contributed by atoms with Gasteiger partial charge in [0, 0.05) is 19.7 Å². The van der Waals surface area contributed by atoms with Gasteiger partial charge in [0.1, 0.15) is 0 Å². The quantitative estimate of drug-likeness (QED) is 0.0925. The van der Waals surface area contributed by atoms with Crippen molar-refractivity contribution in [3.8, 4) is 0 Å². The Morgan fingerprint density at radius 3 is 2.04 bits per heavy atom. The zero-order chi connectivity index (χ0) is 35.0. The average molecular weight is 682 g/mol. The summed E-state index contributed by atoms with van der Waals surface area (Å²) in [5.74, 6) is 0.161. The summed E-state index contributed by atoms with van der Waals surface area (Å²) in [6.45, 7) is 13.0. The van der Waals surface area contributed by atoms with Crippen LogP contribution >= 0.6 is 0 Å². The fourth-order valence-electron chi connectivity index (χ4n) is 8.16. The molecule has 0 saturated carbocycles. The molecule has 1 aliphatic carbocycles. The van der Waals surface area contributed by atoms with Gasteiger partial charge in [-0.3, -0.25) is 10.2 Å². The second kappa shape index (κ2) is 15.6. The molecule has 258 valence electrons. The number of benzene rings is 4. The van der Waals surface area contributed by atoms with E-state index in [4.69, 9.17) is 9.53 Å². The van der Waals surface area contributed by atoms with E-state index < -0.39 is 13.7 Å². The SMILES string of the molecule is C=CC[C@]12C(=O)N(Cc3ccccc3)CC[C@H]1C=C(CCO[Si](c1ccccc1)(c1ccccc1)C(C)(C)C)CC/C2=N\Nc1ccccc1. The molecule has 0 radical (unpaired) electrons. The lowest BCUT2D eigenvalue weighted by Gasteiger charge is -2.46. The van der Waals surface area contributed by atoms with Crippen molar-refractivity contribution in [2.24, 2.45) is 16.4 Å². The number of piperidine rings is 1. The first kappa shape index (κ1) is 35.3. The number of para-hydroxylation sites is 1. The average Bonchev–Trinajstić information content (AvgIpc) is 3.29. The Labute approximate surface area is 299 Å². The highest BCUT2D eigenvalue weighted by atomic mass is 28.4. The Hall–Kier alpha value is -4.52. The van der Waals surface area contributed by atoms with Crippen molar-refractivity contribution in [1.82, 2.24) is 4.90 Å². The highest BCUT2D eigenvalue weighted by molar-refractivity contribution is 6.99. The summed E-state index contributed by atoms with van der Waals surface area (Å²) in [5, 5.41) is 7.55. The molecule has 1 heterocycles. The molecule has 50 heavy (non-hydrogen) atoms. The van der Waals surface area contributed by atoms with Crippen LogP contribution in [0.1, 0.15) is 58.4 Å². The molecule has 0 spiro atoms. The summed E-state index contributed by atoms with van der Waals surface area (Å²) in [5.41, 5.74) is 6.82. The number of hydrazone groups is 1. The van der Waals surface area contributed by atoms with Crippen molar-refractivity contribution in [1.29, 1.82) is 0 Å². The molecule has 4 aromatic carbocycles. The van der Waals surface area contributed by atoms with Crippen molar-refractivity contribution >= 4 is 36.0 Å². The maximum Gasteiger partial charge on any atom is 0.261 e. The third-order valence-electron chi connectivity index (χ3n) is 10.6. The fraction of sp³-hybridized carbons (Fsp3) is 0.318. The summed E-state index contributed by atoms with van der Waals surface area (Å²) in [6, 6.07) is 42.0. The van der Waals surface area contributed by atoms with E-state index in [1.54, 1.807) is 0 Å². The Kier molecular flexibility index (Phi) is 11.0. The Balaban J connectivity index is 1.33. The Morgan fingerprint density at radius 1 is 0.880 bits per heavy atom. The predicted molar refractivity (Wildman–Crippen MR) is 210 cm³/mol. The number of likely N-dealkylation sites (tertiary alicyclic amines) is 1. The van der Waals surface area contributed by atoms with Crippen molar-refractivity contribution in [2.45, 2.75) is 64.5 Å². The smallest absolute Gasteiger partial charge is 0.261 e. The maximum atomic E-state index is 14.8. The van der Waals surface area contributed by atoms with Gasteiger partial charge in [-0.2, -0.15) is 5.10 Å². The highest BCUT2D eigenvalue weighted by Crippen LogP contribution is 2.47. The number of hydrogen-bond acceptors (Lipinski definition) is 4. The normalized spacial score (nSPS) is 20.5. The number of nitrogens with one attached hydrogen (secondary N) is 1. The van der Waals surface area contributed by atoms with E-state index in [1.807, 2.05) is 59.5 Å². The predicted octanol–water partition coefficient (Wildman–Crippen LogP) is 8.75. The molecule has 2 aliphatic rings. The van der Waals surface area contributed by atoms with E-state index in [0.717, 1.165) is 36.2 Å². The van der Waals surface area contributed by atoms with Crippen LogP contribution in [-0.2, 0) is 15.8 Å². The van der Waals surface area contributed by atoms with E-state index in [-0.39, 0.29) is 16.9 Å². The van der Waals surface area contributed by atoms with Crippen LogP contribution in [-0.4, -0.2) is 38.0 Å². The van der Waals surface area contributed by atoms with Crippen LogP contribution in [0.25, 0.3) is 0 Å². The second-order valence-corrected chi connectivity index (χ2v) is 19.0. The van der Waals surface area contributed by atoms with Gasteiger partial charge in [0.05, 0.1) is 16.8 Å². The first-order valence-electron chi connectivity index (χ1n) is 18.0. The molecule has 4 aromatic rings. The molecule has 1 amide bonds. The van der Waals surface area contributed by atoms with Gasteiger partial charge in [-0.1, -0.05) is 148 Å². The fourth-order valence-corrected chi connectivity index (χ4v) is 12.7. The van der Waals surface area contributed by atoms with Gasteiger partial charge < -0.3 is 9.33 Å². The van der Waals surface area contributed by atoms with Crippen LogP contribution in [0.4, 0.5) is 5.69 Å². The van der Waals surface area contributed by atoms with Gasteiger partial charge in [0.15, 0.2) is 0 Å². The lowest BCUT2D eigenvalue weighted by Crippen LogP contribution is -2.66. The minimum Gasteiger partial charge on any atom is -0.407 e. The number of rotatable bonds is 12. The molecule has 5 nitrogen and oxygen atoms in total. The van der Waals surface area contributed by atoms with Gasteiger partial charge in [-0.25, -0.2) is 0 Å². The van der Waals surface area contributed by atoms with Gasteiger partial charge >= 0.3 is 0 Å². The highest BCUT2D eigenvalue weighted by Gasteiger charge is 2.54. The first-order chi connectivity index (χ1) is 24.3. The number of fused-ring (bicyclic) bond motifs is 1. The third-order valence-corrected chi connectivity index (χ3v) is 15.6. The van der Waals surface area contributed by atoms with Gasteiger partial charge in [-0.05, 0) is 71.1 Å². The van der Waals surface area contributed by atoms with Crippen molar-refractivity contribution in [3.05, 3.63) is 151 Å². The van der Waals surface area contributed by atoms with Crippen LogP contribution < -0.4 is 15.8 Å². The summed E-state index contributed by atoms with van der Waals surface area (Å²) < 4.78 is 7.32. The van der Waals surface area contributed by atoms with Crippen LogP contribution in [0.5, 0.6) is 0 Å². The van der Waals surface area contributed by atoms with Crippen LogP contribution in [0.3, 0.4) is 0 Å². The molecule has 1 saturated heterocycles. The van der Waals surface area contributed by atoms with Crippen molar-refractivity contribution in [3.63, 3.8) is 0 Å². The molecule has 0 unspecified atom stereocenters. The number of nitrogens with zero attached hydrogens (tertiary/aromatic N) is 2. The maximum absolute atomic E-state index is 14.8. The van der Waals surface area contributed by atoms with E-state index in [2.05, 4.69) is 112 Å². The lowest BCUT2D eigenvalue weighted by atomic mass is 9.64. The lowest BCUT2D eigenvalue weighted by molar-refractivity contribution is -0.144. The van der Waals surface area contributed by atoms with E-state index in [1.165, 1.54) is 15.9 Å². The van der Waals surface area contributed by atoms with Crippen molar-refractivity contribution < 1.29 is 9.22 Å². The topological polar surface area (TPSA) is 53.9 Å². The first-order valence-corrected chi connectivity index (χ1v) is 20.0. The summed E-state index contributed by atoms with van der Waals surface area (Å²) >= 11 is 0. The Bertz CT molecular complexity index is 1750. The van der Waals surface area contributed by atoms with Crippen molar-refractivity contribution in [2.75, 3.05) is 18.6 Å². The molecule has 1 fully saturated rings. The number of carbonyl (C=O) groups excluding carboxylic acids is 1. The molecule has 6 heteroatoms. The minimum absolute atomic E-state index is 0.0155. The monoisotopic (exact) mass is 681 g/mol. The van der Waals surface area contributed by atoms with E-state index in [0.29, 0.717) is 32.5 Å². The molecular weight excluding hydrogens is 631 g/mol. The van der Waals surface area contributed by atoms with Crippen LogP contribution in [0, 0.1) is 11.3 Å². The number of hydrogen-bond donors (Lipinski definition) is 1.